The largest absolute Gasteiger partial charge is 0.501 e. The van der Waals surface area contributed by atoms with E-state index in [1.165, 1.54) is 18.7 Å². The van der Waals surface area contributed by atoms with E-state index in [0.29, 0.717) is 0 Å². The Labute approximate surface area is 113 Å². The lowest BCUT2D eigenvalue weighted by atomic mass is 9.95. The van der Waals surface area contributed by atoms with Crippen LogP contribution in [-0.4, -0.2) is 20.3 Å². The van der Waals surface area contributed by atoms with Gasteiger partial charge in [-0.15, -0.1) is 0 Å². The fourth-order valence-electron chi connectivity index (χ4n) is 2.32. The van der Waals surface area contributed by atoms with Gasteiger partial charge in [-0.2, -0.15) is 0 Å². The molecular weight excluding hydrogens is 245 g/mol. The van der Waals surface area contributed by atoms with E-state index < -0.39 is 0 Å². The number of halogens is 1. The van der Waals surface area contributed by atoms with Gasteiger partial charge in [0.15, 0.2) is 11.6 Å². The van der Waals surface area contributed by atoms with Gasteiger partial charge in [0, 0.05) is 0 Å². The average Bonchev–Trinajstić information content (AvgIpc) is 2.46. The molecular formula is C15H20FNO2. The SMILES string of the molecule is CCNC(C1=COCCC1)c1ccc(F)c(OC)c1. The predicted molar refractivity (Wildman–Crippen MR) is 72.6 cm³/mol. The summed E-state index contributed by atoms with van der Waals surface area (Å²) >= 11 is 0. The summed E-state index contributed by atoms with van der Waals surface area (Å²) in [4.78, 5) is 0. The molecule has 0 saturated heterocycles. The number of nitrogens with one attached hydrogen (secondary N) is 1. The van der Waals surface area contributed by atoms with Crippen molar-refractivity contribution in [1.82, 2.24) is 5.32 Å². The molecule has 1 N–H and O–H groups in total. The summed E-state index contributed by atoms with van der Waals surface area (Å²) < 4.78 is 23.9. The molecule has 4 heteroatoms. The Morgan fingerprint density at radius 3 is 2.95 bits per heavy atom. The van der Waals surface area contributed by atoms with Crippen LogP contribution in [0.5, 0.6) is 5.75 Å². The van der Waals surface area contributed by atoms with E-state index in [0.717, 1.165) is 31.6 Å². The average molecular weight is 265 g/mol. The van der Waals surface area contributed by atoms with Gasteiger partial charge in [-0.3, -0.25) is 0 Å². The summed E-state index contributed by atoms with van der Waals surface area (Å²) in [6.07, 6.45) is 3.84. The highest BCUT2D eigenvalue weighted by Gasteiger charge is 2.19. The summed E-state index contributed by atoms with van der Waals surface area (Å²) in [5, 5.41) is 3.41. The number of likely N-dealkylation sites (N-methyl/N-ethyl adjacent to an activating group) is 1. The number of hydrogen-bond acceptors (Lipinski definition) is 3. The van der Waals surface area contributed by atoms with Gasteiger partial charge in [-0.05, 0) is 42.7 Å². The lowest BCUT2D eigenvalue weighted by molar-refractivity contribution is 0.219. The van der Waals surface area contributed by atoms with E-state index in [1.54, 1.807) is 12.1 Å². The maximum Gasteiger partial charge on any atom is 0.165 e. The predicted octanol–water partition coefficient (Wildman–Crippen LogP) is 3.18. The van der Waals surface area contributed by atoms with E-state index >= 15 is 0 Å². The van der Waals surface area contributed by atoms with Gasteiger partial charge in [0.25, 0.3) is 0 Å². The Balaban J connectivity index is 2.30. The maximum absolute atomic E-state index is 13.5. The molecule has 1 unspecified atom stereocenters. The Hall–Kier alpha value is -1.55. The first-order valence-electron chi connectivity index (χ1n) is 6.63. The minimum absolute atomic E-state index is 0.0554. The molecule has 1 aliphatic heterocycles. The third-order valence-corrected chi connectivity index (χ3v) is 3.25. The second kappa shape index (κ2) is 6.57. The van der Waals surface area contributed by atoms with Gasteiger partial charge < -0.3 is 14.8 Å². The summed E-state index contributed by atoms with van der Waals surface area (Å²) in [6, 6.07) is 5.04. The van der Waals surface area contributed by atoms with Crippen molar-refractivity contribution >= 4 is 0 Å². The van der Waals surface area contributed by atoms with Crippen LogP contribution >= 0.6 is 0 Å². The summed E-state index contributed by atoms with van der Waals surface area (Å²) in [5.41, 5.74) is 2.19. The molecule has 3 nitrogen and oxygen atoms in total. The normalized spacial score (nSPS) is 16.5. The van der Waals surface area contributed by atoms with Crippen LogP contribution in [0.15, 0.2) is 30.0 Å². The molecule has 0 fully saturated rings. The number of rotatable bonds is 5. The van der Waals surface area contributed by atoms with Crippen molar-refractivity contribution < 1.29 is 13.9 Å². The fraction of sp³-hybridized carbons (Fsp3) is 0.467. The molecule has 104 valence electrons. The molecule has 1 aromatic carbocycles. The molecule has 1 atom stereocenters. The van der Waals surface area contributed by atoms with Crippen LogP contribution in [0.1, 0.15) is 31.4 Å². The molecule has 0 amide bonds. The molecule has 1 aromatic rings. The smallest absolute Gasteiger partial charge is 0.165 e. The molecule has 0 spiro atoms. The zero-order valence-electron chi connectivity index (χ0n) is 11.4. The molecule has 0 saturated carbocycles. The minimum atomic E-state index is -0.338. The third kappa shape index (κ3) is 3.26. The van der Waals surface area contributed by atoms with E-state index in [-0.39, 0.29) is 17.6 Å². The van der Waals surface area contributed by atoms with Gasteiger partial charge in [0.1, 0.15) is 0 Å². The molecule has 1 heterocycles. The Kier molecular flexibility index (Phi) is 4.80. The summed E-state index contributed by atoms with van der Waals surface area (Å²) in [6.45, 7) is 3.66. The lowest BCUT2D eigenvalue weighted by Gasteiger charge is -2.24. The molecule has 19 heavy (non-hydrogen) atoms. The molecule has 0 radical (unpaired) electrons. The number of ether oxygens (including phenoxy) is 2. The first-order valence-corrected chi connectivity index (χ1v) is 6.63. The van der Waals surface area contributed by atoms with Crippen LogP contribution in [0.4, 0.5) is 4.39 Å². The third-order valence-electron chi connectivity index (χ3n) is 3.25. The number of methoxy groups -OCH3 is 1. The van der Waals surface area contributed by atoms with Gasteiger partial charge >= 0.3 is 0 Å². The Morgan fingerprint density at radius 2 is 2.32 bits per heavy atom. The van der Waals surface area contributed by atoms with Crippen molar-refractivity contribution in [3.05, 3.63) is 41.4 Å². The molecule has 0 bridgehead atoms. The number of hydrogen-bond donors (Lipinski definition) is 1. The Morgan fingerprint density at radius 1 is 1.47 bits per heavy atom. The standard InChI is InChI=1S/C15H20FNO2/c1-3-17-15(12-5-4-8-19-10-12)11-6-7-13(16)14(9-11)18-2/h6-7,9-10,15,17H,3-5,8H2,1-2H3. The first kappa shape index (κ1) is 13.9. The van der Waals surface area contributed by atoms with E-state index in [9.17, 15) is 4.39 Å². The van der Waals surface area contributed by atoms with Crippen LogP contribution in [0.3, 0.4) is 0 Å². The van der Waals surface area contributed by atoms with Crippen LogP contribution < -0.4 is 10.1 Å². The molecule has 0 aliphatic carbocycles. The van der Waals surface area contributed by atoms with Gasteiger partial charge in [0.05, 0.1) is 26.0 Å². The van der Waals surface area contributed by atoms with Gasteiger partial charge in [-0.25, -0.2) is 4.39 Å². The fourth-order valence-corrected chi connectivity index (χ4v) is 2.32. The lowest BCUT2D eigenvalue weighted by Crippen LogP contribution is -2.24. The molecule has 0 aromatic heterocycles. The van der Waals surface area contributed by atoms with Crippen molar-refractivity contribution in [3.63, 3.8) is 0 Å². The zero-order valence-corrected chi connectivity index (χ0v) is 11.4. The topological polar surface area (TPSA) is 30.5 Å². The maximum atomic E-state index is 13.5. The van der Waals surface area contributed by atoms with Crippen molar-refractivity contribution in [3.8, 4) is 5.75 Å². The molecule has 2 rings (SSSR count). The molecule has 1 aliphatic rings. The highest BCUT2D eigenvalue weighted by Crippen LogP contribution is 2.30. The van der Waals surface area contributed by atoms with E-state index in [4.69, 9.17) is 9.47 Å². The van der Waals surface area contributed by atoms with Crippen LogP contribution in [0, 0.1) is 5.82 Å². The van der Waals surface area contributed by atoms with Crippen molar-refractivity contribution in [2.75, 3.05) is 20.3 Å². The van der Waals surface area contributed by atoms with Crippen molar-refractivity contribution in [1.29, 1.82) is 0 Å². The number of benzene rings is 1. The summed E-state index contributed by atoms with van der Waals surface area (Å²) in [5.74, 6) is -0.0619. The zero-order chi connectivity index (χ0) is 13.7. The van der Waals surface area contributed by atoms with Gasteiger partial charge in [-0.1, -0.05) is 13.0 Å². The second-order valence-corrected chi connectivity index (χ2v) is 4.55. The van der Waals surface area contributed by atoms with Crippen molar-refractivity contribution in [2.45, 2.75) is 25.8 Å². The monoisotopic (exact) mass is 265 g/mol. The highest BCUT2D eigenvalue weighted by molar-refractivity contribution is 5.36. The van der Waals surface area contributed by atoms with Crippen LogP contribution in [-0.2, 0) is 4.74 Å². The quantitative estimate of drug-likeness (QED) is 0.887. The second-order valence-electron chi connectivity index (χ2n) is 4.55. The highest BCUT2D eigenvalue weighted by atomic mass is 19.1. The first-order chi connectivity index (χ1) is 9.26. The van der Waals surface area contributed by atoms with Crippen LogP contribution in [0.2, 0.25) is 0 Å². The van der Waals surface area contributed by atoms with E-state index in [2.05, 4.69) is 12.2 Å². The summed E-state index contributed by atoms with van der Waals surface area (Å²) in [7, 11) is 1.48. The Bertz CT molecular complexity index is 459. The van der Waals surface area contributed by atoms with Gasteiger partial charge in [0.2, 0.25) is 0 Å². The van der Waals surface area contributed by atoms with E-state index in [1.807, 2.05) is 6.26 Å². The van der Waals surface area contributed by atoms with Crippen molar-refractivity contribution in [2.24, 2.45) is 0 Å². The minimum Gasteiger partial charge on any atom is -0.501 e. The van der Waals surface area contributed by atoms with Crippen LogP contribution in [0.25, 0.3) is 0 Å².